The molecular weight excluding hydrogens is 386 g/mol. The van der Waals surface area contributed by atoms with Crippen LogP contribution in [0.5, 0.6) is 0 Å². The van der Waals surface area contributed by atoms with E-state index in [1.54, 1.807) is 11.1 Å². The number of nitrogens with zero attached hydrogens (tertiary/aromatic N) is 3. The number of halogens is 1. The fourth-order valence-electron chi connectivity index (χ4n) is 3.95. The Balaban J connectivity index is 1.87. The highest BCUT2D eigenvalue weighted by Gasteiger charge is 2.55. The summed E-state index contributed by atoms with van der Waals surface area (Å²) in [7, 11) is 2.05. The molecule has 0 saturated carbocycles. The van der Waals surface area contributed by atoms with Crippen LogP contribution in [0.15, 0.2) is 22.8 Å². The molecule has 2 aliphatic rings. The third-order valence-corrected chi connectivity index (χ3v) is 5.45. The molecule has 3 heterocycles. The summed E-state index contributed by atoms with van der Waals surface area (Å²) in [4.78, 5) is 20.9. The molecule has 2 atom stereocenters. The van der Waals surface area contributed by atoms with Crippen LogP contribution in [0.4, 0.5) is 4.79 Å². The van der Waals surface area contributed by atoms with Crippen molar-refractivity contribution >= 4 is 22.0 Å². The maximum absolute atomic E-state index is 12.5. The van der Waals surface area contributed by atoms with Gasteiger partial charge >= 0.3 is 6.09 Å². The summed E-state index contributed by atoms with van der Waals surface area (Å²) < 4.78 is 6.41. The van der Waals surface area contributed by atoms with Gasteiger partial charge in [-0.15, -0.1) is 0 Å². The van der Waals surface area contributed by atoms with Gasteiger partial charge in [-0.3, -0.25) is 4.98 Å². The molecule has 2 fully saturated rings. The number of carbonyl (C=O) groups is 1. The van der Waals surface area contributed by atoms with Crippen LogP contribution in [0.3, 0.4) is 0 Å². The van der Waals surface area contributed by atoms with E-state index in [1.165, 1.54) is 0 Å². The molecule has 2 aliphatic heterocycles. The highest BCUT2D eigenvalue weighted by Crippen LogP contribution is 2.44. The van der Waals surface area contributed by atoms with Crippen molar-refractivity contribution in [3.8, 4) is 0 Å². The van der Waals surface area contributed by atoms with Crippen LogP contribution in [0, 0.1) is 11.8 Å². The summed E-state index contributed by atoms with van der Waals surface area (Å²) in [6.07, 6.45) is 1.41. The summed E-state index contributed by atoms with van der Waals surface area (Å²) in [5.74, 6) is -0.211. The van der Waals surface area contributed by atoms with Crippen molar-refractivity contribution in [2.45, 2.75) is 32.0 Å². The lowest BCUT2D eigenvalue weighted by Crippen LogP contribution is -2.66. The zero-order chi connectivity index (χ0) is 18.4. The van der Waals surface area contributed by atoms with E-state index in [0.29, 0.717) is 31.9 Å². The summed E-state index contributed by atoms with van der Waals surface area (Å²) in [5.41, 5.74) is -0.863. The predicted molar refractivity (Wildman–Crippen MR) is 98.1 cm³/mol. The monoisotopic (exact) mass is 411 g/mol. The number of piperidine rings is 2. The molecule has 1 N–H and O–H groups in total. The molecule has 6 nitrogen and oxygen atoms in total. The van der Waals surface area contributed by atoms with Gasteiger partial charge in [0.1, 0.15) is 11.2 Å². The van der Waals surface area contributed by atoms with E-state index in [1.807, 2.05) is 32.9 Å². The number of carbonyl (C=O) groups excluding carboxylic acids is 1. The van der Waals surface area contributed by atoms with Crippen molar-refractivity contribution in [2.75, 3.05) is 33.2 Å². The largest absolute Gasteiger partial charge is 0.444 e. The fourth-order valence-corrected chi connectivity index (χ4v) is 4.18. The Labute approximate surface area is 157 Å². The van der Waals surface area contributed by atoms with E-state index >= 15 is 0 Å². The van der Waals surface area contributed by atoms with E-state index in [0.717, 1.165) is 4.47 Å². The Morgan fingerprint density at radius 1 is 1.28 bits per heavy atom. The smallest absolute Gasteiger partial charge is 0.410 e. The first-order valence-electron chi connectivity index (χ1n) is 8.60. The molecule has 138 valence electrons. The Kier molecular flexibility index (Phi) is 4.85. The van der Waals surface area contributed by atoms with Gasteiger partial charge in [-0.2, -0.15) is 0 Å². The second-order valence-electron chi connectivity index (χ2n) is 8.19. The molecule has 1 aromatic rings. The third kappa shape index (κ3) is 3.68. The first-order chi connectivity index (χ1) is 11.6. The van der Waals surface area contributed by atoms with Crippen LogP contribution in [-0.2, 0) is 10.3 Å². The lowest BCUT2D eigenvalue weighted by atomic mass is 9.68. The van der Waals surface area contributed by atoms with Crippen LogP contribution < -0.4 is 0 Å². The van der Waals surface area contributed by atoms with Gasteiger partial charge in [-0.25, -0.2) is 4.79 Å². The number of aliphatic hydroxyl groups is 1. The first-order valence-corrected chi connectivity index (χ1v) is 9.40. The lowest BCUT2D eigenvalue weighted by Gasteiger charge is -2.54. The number of fused-ring (bicyclic) bond motifs is 2. The number of hydrogen-bond donors (Lipinski definition) is 1. The minimum Gasteiger partial charge on any atom is -0.444 e. The number of amides is 1. The number of pyridine rings is 1. The standard InChI is InChI=1S/C18H26BrN3O3/c1-17(2,3)25-16(23)22-10-12-8-21(4)9-13(11-22)18(12,24)15-6-5-14(19)7-20-15/h5-7,12-13,24H,8-11H2,1-4H3. The summed E-state index contributed by atoms with van der Waals surface area (Å²) in [6.45, 7) is 7.95. The van der Waals surface area contributed by atoms with Gasteiger partial charge in [0.05, 0.1) is 5.69 Å². The Morgan fingerprint density at radius 2 is 1.88 bits per heavy atom. The van der Waals surface area contributed by atoms with Gasteiger partial charge in [-0.05, 0) is 55.9 Å². The molecule has 1 amide bonds. The van der Waals surface area contributed by atoms with Gasteiger partial charge < -0.3 is 19.6 Å². The Bertz CT molecular complexity index is 628. The van der Waals surface area contributed by atoms with Gasteiger partial charge in [0.2, 0.25) is 0 Å². The van der Waals surface area contributed by atoms with Crippen molar-refractivity contribution in [1.82, 2.24) is 14.8 Å². The molecule has 2 unspecified atom stereocenters. The number of rotatable bonds is 1. The van der Waals surface area contributed by atoms with Crippen molar-refractivity contribution < 1.29 is 14.6 Å². The van der Waals surface area contributed by atoms with E-state index in [2.05, 4.69) is 32.9 Å². The second kappa shape index (κ2) is 6.52. The number of ether oxygens (including phenoxy) is 1. The van der Waals surface area contributed by atoms with Gasteiger partial charge in [-0.1, -0.05) is 0 Å². The molecule has 2 saturated heterocycles. The molecule has 0 aliphatic carbocycles. The fraction of sp³-hybridized carbons (Fsp3) is 0.667. The van der Waals surface area contributed by atoms with E-state index in [4.69, 9.17) is 4.74 Å². The van der Waals surface area contributed by atoms with E-state index < -0.39 is 11.2 Å². The normalized spacial score (nSPS) is 30.2. The second-order valence-corrected chi connectivity index (χ2v) is 9.10. The Morgan fingerprint density at radius 3 is 2.36 bits per heavy atom. The highest BCUT2D eigenvalue weighted by atomic mass is 79.9. The predicted octanol–water partition coefficient (Wildman–Crippen LogP) is 2.46. The van der Waals surface area contributed by atoms with Gasteiger partial charge in [0.25, 0.3) is 0 Å². The van der Waals surface area contributed by atoms with Crippen molar-refractivity contribution in [2.24, 2.45) is 11.8 Å². The van der Waals surface area contributed by atoms with Crippen LogP contribution in [0.1, 0.15) is 26.5 Å². The first kappa shape index (κ1) is 18.6. The summed E-state index contributed by atoms with van der Waals surface area (Å²) in [6, 6.07) is 3.78. The SMILES string of the molecule is CN1CC2CN(C(=O)OC(C)(C)C)CC(C1)C2(O)c1ccc(Br)cn1. The highest BCUT2D eigenvalue weighted by molar-refractivity contribution is 9.10. The quantitative estimate of drug-likeness (QED) is 0.768. The van der Waals surface area contributed by atoms with Gasteiger partial charge in [0.15, 0.2) is 0 Å². The van der Waals surface area contributed by atoms with Crippen molar-refractivity contribution in [3.05, 3.63) is 28.5 Å². The van der Waals surface area contributed by atoms with Crippen LogP contribution >= 0.6 is 15.9 Å². The van der Waals surface area contributed by atoms with Crippen LogP contribution in [0.2, 0.25) is 0 Å². The average molecular weight is 412 g/mol. The minimum absolute atomic E-state index is 0.105. The van der Waals surface area contributed by atoms with Crippen molar-refractivity contribution in [3.63, 3.8) is 0 Å². The maximum Gasteiger partial charge on any atom is 0.410 e. The third-order valence-electron chi connectivity index (χ3n) is 4.98. The molecule has 0 spiro atoms. The summed E-state index contributed by atoms with van der Waals surface area (Å²) >= 11 is 3.39. The molecule has 7 heteroatoms. The maximum atomic E-state index is 12.5. The zero-order valence-electron chi connectivity index (χ0n) is 15.2. The molecule has 2 bridgehead atoms. The zero-order valence-corrected chi connectivity index (χ0v) is 16.8. The summed E-state index contributed by atoms with van der Waals surface area (Å²) in [5, 5.41) is 11.6. The molecule has 1 aromatic heterocycles. The molecular formula is C18H26BrN3O3. The van der Waals surface area contributed by atoms with Crippen LogP contribution in [0.25, 0.3) is 0 Å². The molecule has 0 radical (unpaired) electrons. The number of hydrogen-bond acceptors (Lipinski definition) is 5. The average Bonchev–Trinajstić information content (AvgIpc) is 2.47. The number of aromatic nitrogens is 1. The minimum atomic E-state index is -1.02. The van der Waals surface area contributed by atoms with E-state index in [-0.39, 0.29) is 17.9 Å². The lowest BCUT2D eigenvalue weighted by molar-refractivity contribution is -0.161. The number of likely N-dealkylation sites (tertiary alicyclic amines) is 2. The molecule has 25 heavy (non-hydrogen) atoms. The van der Waals surface area contributed by atoms with E-state index in [9.17, 15) is 9.90 Å². The van der Waals surface area contributed by atoms with Gasteiger partial charge in [0, 0.05) is 48.7 Å². The molecule has 3 rings (SSSR count). The van der Waals surface area contributed by atoms with Crippen LogP contribution in [-0.4, -0.2) is 64.8 Å². The topological polar surface area (TPSA) is 65.9 Å². The molecule has 0 aromatic carbocycles. The Hall–Kier alpha value is -1.18. The van der Waals surface area contributed by atoms with Crippen molar-refractivity contribution in [1.29, 1.82) is 0 Å².